The zero-order valence-electron chi connectivity index (χ0n) is 40.2. The average molecular weight is 1070 g/mol. The number of benzene rings is 2. The summed E-state index contributed by atoms with van der Waals surface area (Å²) < 4.78 is 17.9. The molecule has 0 amide bonds. The number of aromatic nitrogens is 8. The van der Waals surface area contributed by atoms with Crippen molar-refractivity contribution in [3.8, 4) is 45.8 Å². The van der Waals surface area contributed by atoms with Gasteiger partial charge in [-0.05, 0) is 76.7 Å². The number of nitrogens with zero attached hydrogens (tertiary/aromatic N) is 8. The van der Waals surface area contributed by atoms with E-state index in [1.165, 1.54) is 96.1 Å². The quantitative estimate of drug-likeness (QED) is 0.116. The Morgan fingerprint density at radius 1 is 0.354 bits per heavy atom. The molecule has 0 aliphatic heterocycles. The minimum atomic E-state index is 0. The molecule has 0 saturated heterocycles. The number of imidazole rings is 2. The van der Waals surface area contributed by atoms with Gasteiger partial charge >= 0.3 is 11.6 Å². The molecule has 16 heteroatoms. The number of hydrogen-bond donors (Lipinski definition) is 6. The molecule has 0 unspecified atom stereocenters. The number of aliphatic hydroxyl groups excluding tert-OH is 2. The van der Waals surface area contributed by atoms with E-state index >= 15 is 0 Å². The number of hydrogen-bond acceptors (Lipinski definition) is 6. The maximum absolute atomic E-state index is 7.00. The van der Waals surface area contributed by atoms with Gasteiger partial charge in [-0.1, -0.05) is 31.7 Å². The van der Waals surface area contributed by atoms with Crippen LogP contribution in [0.1, 0.15) is 7.43 Å². The summed E-state index contributed by atoms with van der Waals surface area (Å²) in [6.07, 6.45) is 4.15. The Hall–Kier alpha value is -5.01. The first-order chi connectivity index (χ1) is 30.2. The fourth-order valence-corrected chi connectivity index (χ4v) is 7.37. The van der Waals surface area contributed by atoms with Crippen molar-refractivity contribution in [1.29, 1.82) is 0 Å². The molecular weight excluding hydrogens is 991 g/mol. The monoisotopic (exact) mass is 1070 g/mol. The van der Waals surface area contributed by atoms with Gasteiger partial charge in [0.15, 0.2) is 34.5 Å². The van der Waals surface area contributed by atoms with Gasteiger partial charge in [-0.25, -0.2) is 18.3 Å². The van der Waals surface area contributed by atoms with E-state index in [2.05, 4.69) is 237 Å². The van der Waals surface area contributed by atoms with Crippen LogP contribution in [0.2, 0.25) is 0 Å². The van der Waals surface area contributed by atoms with Crippen LogP contribution in [-0.2, 0) is 95.3 Å². The van der Waals surface area contributed by atoms with Crippen LogP contribution in [0.25, 0.3) is 67.9 Å². The molecule has 0 aliphatic rings. The number of fused-ring (bicyclic) bond motifs is 2. The fraction of sp³-hybridized carbons (Fsp3) is 0.306. The maximum Gasteiger partial charge on any atom is 0.355 e. The van der Waals surface area contributed by atoms with E-state index in [4.69, 9.17) is 10.2 Å². The summed E-state index contributed by atoms with van der Waals surface area (Å²) >= 11 is 0. The number of pyridine rings is 4. The summed E-state index contributed by atoms with van der Waals surface area (Å²) in [6.45, 7) is 0. The van der Waals surface area contributed by atoms with E-state index < -0.39 is 0 Å². The third-order valence-electron chi connectivity index (χ3n) is 10.0. The van der Waals surface area contributed by atoms with Gasteiger partial charge in [0, 0.05) is 102 Å². The predicted molar refractivity (Wildman–Crippen MR) is 258 cm³/mol. The van der Waals surface area contributed by atoms with Crippen LogP contribution in [0.4, 0.5) is 0 Å². The first-order valence-electron chi connectivity index (χ1n) is 20.1. The summed E-state index contributed by atoms with van der Waals surface area (Å²) in [5.74, 6) is 2.36. The molecule has 0 spiro atoms. The third-order valence-corrected chi connectivity index (χ3v) is 10.0. The maximum atomic E-state index is 7.00. The van der Waals surface area contributed by atoms with Crippen LogP contribution in [0.5, 0.6) is 0 Å². The third kappa shape index (κ3) is 14.5. The van der Waals surface area contributed by atoms with Crippen molar-refractivity contribution in [2.75, 3.05) is 42.4 Å². The number of aliphatic hydroxyl groups is 2. The van der Waals surface area contributed by atoms with Gasteiger partial charge in [0.2, 0.25) is 0 Å². The van der Waals surface area contributed by atoms with Crippen molar-refractivity contribution >= 4 is 22.1 Å². The Bertz CT molecular complexity index is 2330. The van der Waals surface area contributed by atoms with E-state index in [-0.39, 0.29) is 46.4 Å². The van der Waals surface area contributed by atoms with E-state index in [1.807, 2.05) is 12.1 Å². The van der Waals surface area contributed by atoms with Gasteiger partial charge in [-0.15, -0.1) is 0 Å². The Morgan fingerprint density at radius 2 is 0.615 bits per heavy atom. The number of aryl methyl sites for hydroxylation is 6. The topological polar surface area (TPSA) is 178 Å². The second kappa shape index (κ2) is 33.5. The molecule has 6 aromatic heterocycles. The molecule has 0 fully saturated rings. The summed E-state index contributed by atoms with van der Waals surface area (Å²) in [7, 11) is 25.0. The van der Waals surface area contributed by atoms with Crippen LogP contribution in [-0.4, -0.2) is 61.8 Å². The van der Waals surface area contributed by atoms with Crippen LogP contribution < -0.4 is 50.3 Å². The average Bonchev–Trinajstić information content (AvgIpc) is 3.74. The van der Waals surface area contributed by atoms with Crippen LogP contribution in [0.3, 0.4) is 0 Å². The second-order valence-electron chi connectivity index (χ2n) is 13.0. The fourth-order valence-electron chi connectivity index (χ4n) is 7.37. The van der Waals surface area contributed by atoms with Crippen molar-refractivity contribution in [3.63, 3.8) is 0 Å². The minimum absolute atomic E-state index is 0. The Labute approximate surface area is 414 Å². The molecule has 8 aromatic rings. The molecule has 0 radical (unpaired) electrons. The standard InChI is InChI=1S/C24H26N5.C18H20N3.4CH5N.2CH4O.CH4.2Ru/c1-25-21(23-26(2)17-11-6-7-12-18(17)27(23)3)15-10-16-22(25)24-28(4)19-13-8-9-14-20(19)29(24)5;1-19-13-6-4-9-15(19)17-11-8-12-18(21(17)3)16-10-5-7-14-20(16)2;6*1-2;;;/h6-16H,1-5H3;4-14H,1-3H3;4*2H2,1H3;2*2H,1H3;1H4;;/q2*+3;;;;;;;;;. The Morgan fingerprint density at radius 3 is 0.923 bits per heavy atom. The normalized spacial score (nSPS) is 9.17. The van der Waals surface area contributed by atoms with Gasteiger partial charge in [-0.3, -0.25) is 0 Å². The van der Waals surface area contributed by atoms with E-state index in [1.54, 1.807) is 0 Å². The second-order valence-corrected chi connectivity index (χ2v) is 13.0. The SMILES string of the molecule is C.CN.CN.CN.CN.CO.CO.C[n+]1ccccc1-c1cccc(-c2cccc[n+]2C)[n+]1C.Cn1c(-c2cccc(-c3n(C)c4ccccc4[n+]3C)[n+]2C)[n+](C)c2ccccc21.[Ru].[Ru]. The van der Waals surface area contributed by atoms with Gasteiger partial charge in [0.05, 0.1) is 28.2 Å². The van der Waals surface area contributed by atoms with Crippen LogP contribution in [0, 0.1) is 0 Å². The molecule has 10 N–H and O–H groups in total. The largest absolute Gasteiger partial charge is 0.400 e. The van der Waals surface area contributed by atoms with Gasteiger partial charge in [-0.2, -0.15) is 18.3 Å². The molecule has 0 saturated carbocycles. The molecule has 65 heavy (non-hydrogen) atoms. The smallest absolute Gasteiger partial charge is 0.355 e. The van der Waals surface area contributed by atoms with Gasteiger partial charge in [0.1, 0.15) is 28.2 Å². The zero-order valence-corrected chi connectivity index (χ0v) is 43.7. The predicted octanol–water partition coefficient (Wildman–Crippen LogP) is 2.12. The van der Waals surface area contributed by atoms with Crippen molar-refractivity contribution in [2.45, 2.75) is 7.43 Å². The van der Waals surface area contributed by atoms with Crippen molar-refractivity contribution in [1.82, 2.24) is 9.13 Å². The van der Waals surface area contributed by atoms with E-state index in [9.17, 15) is 0 Å². The number of rotatable bonds is 4. The summed E-state index contributed by atoms with van der Waals surface area (Å²) in [6, 6.07) is 42.6. The number of nitrogens with two attached hydrogens (primary N) is 4. The van der Waals surface area contributed by atoms with Crippen molar-refractivity contribution in [3.05, 3.63) is 134 Å². The van der Waals surface area contributed by atoms with Crippen LogP contribution in [0.15, 0.2) is 134 Å². The molecule has 0 aliphatic carbocycles. The van der Waals surface area contributed by atoms with Crippen molar-refractivity contribution in [2.24, 2.45) is 79.3 Å². The summed E-state index contributed by atoms with van der Waals surface area (Å²) in [4.78, 5) is 0. The molecule has 14 nitrogen and oxygen atoms in total. The molecule has 6 heterocycles. The van der Waals surface area contributed by atoms with Crippen molar-refractivity contribution < 1.29 is 76.6 Å². The first kappa shape index (κ1) is 64.3. The molecule has 356 valence electrons. The molecule has 0 atom stereocenters. The summed E-state index contributed by atoms with van der Waals surface area (Å²) in [5, 5.41) is 14.0. The number of para-hydroxylation sites is 4. The molecule has 2 aromatic carbocycles. The molecule has 8 rings (SSSR count). The van der Waals surface area contributed by atoms with Gasteiger partial charge < -0.3 is 33.1 Å². The molecule has 0 bridgehead atoms. The van der Waals surface area contributed by atoms with E-state index in [0.29, 0.717) is 0 Å². The van der Waals surface area contributed by atoms with Crippen LogP contribution >= 0.6 is 0 Å². The Kier molecular flexibility index (Phi) is 33.1. The molecular formula is C49H78N12O2Ru2+6. The van der Waals surface area contributed by atoms with E-state index in [0.717, 1.165) is 14.2 Å². The first-order valence-corrected chi connectivity index (χ1v) is 20.1. The summed E-state index contributed by atoms with van der Waals surface area (Å²) in [5.41, 5.74) is 30.0. The Balaban J connectivity index is -0.000000951. The zero-order chi connectivity index (χ0) is 47.1. The van der Waals surface area contributed by atoms with Gasteiger partial charge in [0.25, 0.3) is 34.2 Å². The minimum Gasteiger partial charge on any atom is -0.400 e.